The van der Waals surface area contributed by atoms with E-state index in [-0.39, 0.29) is 0 Å². The van der Waals surface area contributed by atoms with E-state index in [0.29, 0.717) is 18.4 Å². The number of benzene rings is 1. The number of nitrogens with zero attached hydrogens (tertiary/aromatic N) is 1. The summed E-state index contributed by atoms with van der Waals surface area (Å²) in [5.74, 6) is 0.326. The molecule has 0 spiro atoms. The highest BCUT2D eigenvalue weighted by Gasteiger charge is 2.21. The topological polar surface area (TPSA) is 32.3 Å². The van der Waals surface area contributed by atoms with E-state index in [9.17, 15) is 4.79 Å². The lowest BCUT2D eigenvalue weighted by atomic mass is 10.0. The second kappa shape index (κ2) is 7.44. The maximum Gasteiger partial charge on any atom is 0.222 e. The summed E-state index contributed by atoms with van der Waals surface area (Å²) in [6.07, 6.45) is 4.80. The lowest BCUT2D eigenvalue weighted by Gasteiger charge is -2.31. The van der Waals surface area contributed by atoms with Gasteiger partial charge in [-0.1, -0.05) is 29.8 Å². The van der Waals surface area contributed by atoms with Crippen LogP contribution in [-0.2, 0) is 11.2 Å². The molecule has 1 fully saturated rings. The minimum absolute atomic E-state index is 0.326. The van der Waals surface area contributed by atoms with Gasteiger partial charge in [0.2, 0.25) is 5.91 Å². The fraction of sp³-hybridized carbons (Fsp3) is 0.588. The minimum Gasteiger partial charge on any atom is -0.343 e. The Morgan fingerprint density at radius 3 is 2.50 bits per heavy atom. The molecule has 3 heteroatoms. The quantitative estimate of drug-likeness (QED) is 0.895. The summed E-state index contributed by atoms with van der Waals surface area (Å²) in [7, 11) is 2.00. The standard InChI is InChI=1S/C17H26N2O/c1-14-6-8-15(9-7-14)4-3-5-17(20)19-12-10-16(18-2)11-13-19/h6-9,16,18H,3-5,10-13H2,1-2H3. The average molecular weight is 274 g/mol. The molecule has 0 atom stereocenters. The van der Waals surface area contributed by atoms with Gasteiger partial charge in [-0.05, 0) is 45.2 Å². The van der Waals surface area contributed by atoms with Crippen molar-refractivity contribution in [2.45, 2.75) is 45.1 Å². The van der Waals surface area contributed by atoms with E-state index in [1.807, 2.05) is 11.9 Å². The number of rotatable bonds is 5. The Hall–Kier alpha value is -1.35. The lowest BCUT2D eigenvalue weighted by Crippen LogP contribution is -2.43. The van der Waals surface area contributed by atoms with Gasteiger partial charge >= 0.3 is 0 Å². The maximum absolute atomic E-state index is 12.1. The number of carbonyl (C=O) groups is 1. The highest BCUT2D eigenvalue weighted by molar-refractivity contribution is 5.76. The second-order valence-corrected chi connectivity index (χ2v) is 5.78. The Balaban J connectivity index is 1.69. The van der Waals surface area contributed by atoms with E-state index >= 15 is 0 Å². The number of carbonyl (C=O) groups excluding carboxylic acids is 1. The van der Waals surface area contributed by atoms with Crippen LogP contribution in [0, 0.1) is 6.92 Å². The highest BCUT2D eigenvalue weighted by atomic mass is 16.2. The van der Waals surface area contributed by atoms with E-state index in [1.54, 1.807) is 0 Å². The molecule has 3 nitrogen and oxygen atoms in total. The van der Waals surface area contributed by atoms with Crippen LogP contribution in [0.1, 0.15) is 36.8 Å². The number of hydrogen-bond donors (Lipinski definition) is 1. The maximum atomic E-state index is 12.1. The van der Waals surface area contributed by atoms with Crippen molar-refractivity contribution in [1.29, 1.82) is 0 Å². The molecule has 2 rings (SSSR count). The molecule has 0 unspecified atom stereocenters. The van der Waals surface area contributed by atoms with Gasteiger partial charge in [-0.25, -0.2) is 0 Å². The van der Waals surface area contributed by atoms with E-state index in [0.717, 1.165) is 38.8 Å². The fourth-order valence-corrected chi connectivity index (χ4v) is 2.77. The Bertz CT molecular complexity index is 419. The summed E-state index contributed by atoms with van der Waals surface area (Å²) < 4.78 is 0. The molecule has 1 aromatic rings. The lowest BCUT2D eigenvalue weighted by molar-refractivity contribution is -0.132. The normalized spacial score (nSPS) is 16.4. The van der Waals surface area contributed by atoms with Crippen LogP contribution in [0.5, 0.6) is 0 Å². The summed E-state index contributed by atoms with van der Waals surface area (Å²) in [6.45, 7) is 3.92. The van der Waals surface area contributed by atoms with Gasteiger partial charge in [0, 0.05) is 25.6 Å². The molecular formula is C17H26N2O. The third-order valence-electron chi connectivity index (χ3n) is 4.23. The Labute approximate surface area is 122 Å². The van der Waals surface area contributed by atoms with E-state index in [2.05, 4.69) is 36.5 Å². The van der Waals surface area contributed by atoms with Gasteiger partial charge in [-0.3, -0.25) is 4.79 Å². The summed E-state index contributed by atoms with van der Waals surface area (Å²) in [5, 5.41) is 3.29. The van der Waals surface area contributed by atoms with Crippen LogP contribution in [0.3, 0.4) is 0 Å². The molecule has 0 radical (unpaired) electrons. The molecule has 1 N–H and O–H groups in total. The molecule has 1 saturated heterocycles. The van der Waals surface area contributed by atoms with Crippen LogP contribution in [-0.4, -0.2) is 37.0 Å². The third-order valence-corrected chi connectivity index (χ3v) is 4.23. The molecule has 0 aromatic heterocycles. The van der Waals surface area contributed by atoms with Gasteiger partial charge in [-0.15, -0.1) is 0 Å². The average Bonchev–Trinajstić information content (AvgIpc) is 2.49. The Morgan fingerprint density at radius 2 is 1.90 bits per heavy atom. The monoisotopic (exact) mass is 274 g/mol. The van der Waals surface area contributed by atoms with Crippen molar-refractivity contribution in [3.05, 3.63) is 35.4 Å². The van der Waals surface area contributed by atoms with Crippen LogP contribution in [0.25, 0.3) is 0 Å². The van der Waals surface area contributed by atoms with E-state index in [4.69, 9.17) is 0 Å². The minimum atomic E-state index is 0.326. The Kier molecular flexibility index (Phi) is 5.60. The van der Waals surface area contributed by atoms with Crippen molar-refractivity contribution in [2.24, 2.45) is 0 Å². The molecule has 110 valence electrons. The first-order valence-electron chi connectivity index (χ1n) is 7.69. The van der Waals surface area contributed by atoms with Crippen molar-refractivity contribution in [2.75, 3.05) is 20.1 Å². The largest absolute Gasteiger partial charge is 0.343 e. The molecule has 1 amide bonds. The summed E-state index contributed by atoms with van der Waals surface area (Å²) in [4.78, 5) is 14.2. The summed E-state index contributed by atoms with van der Waals surface area (Å²) in [6, 6.07) is 9.20. The van der Waals surface area contributed by atoms with Crippen molar-refractivity contribution >= 4 is 5.91 Å². The molecule has 1 aliphatic rings. The van der Waals surface area contributed by atoms with Crippen LogP contribution < -0.4 is 5.32 Å². The SMILES string of the molecule is CNC1CCN(C(=O)CCCc2ccc(C)cc2)CC1. The second-order valence-electron chi connectivity index (χ2n) is 5.78. The zero-order valence-electron chi connectivity index (χ0n) is 12.7. The Morgan fingerprint density at radius 1 is 1.25 bits per heavy atom. The molecule has 0 aliphatic carbocycles. The van der Waals surface area contributed by atoms with Crippen LogP contribution >= 0.6 is 0 Å². The first-order valence-corrected chi connectivity index (χ1v) is 7.69. The van der Waals surface area contributed by atoms with Crippen molar-refractivity contribution < 1.29 is 4.79 Å². The van der Waals surface area contributed by atoms with Gasteiger partial charge in [0.15, 0.2) is 0 Å². The van der Waals surface area contributed by atoms with Crippen molar-refractivity contribution in [3.8, 4) is 0 Å². The smallest absolute Gasteiger partial charge is 0.222 e. The number of aryl methyl sites for hydroxylation is 2. The summed E-state index contributed by atoms with van der Waals surface area (Å²) in [5.41, 5.74) is 2.62. The van der Waals surface area contributed by atoms with Crippen LogP contribution in [0.4, 0.5) is 0 Å². The first kappa shape index (κ1) is 15.0. The molecule has 20 heavy (non-hydrogen) atoms. The van der Waals surface area contributed by atoms with Gasteiger partial charge in [0.25, 0.3) is 0 Å². The third kappa shape index (κ3) is 4.34. The summed E-state index contributed by atoms with van der Waals surface area (Å²) >= 11 is 0. The van der Waals surface area contributed by atoms with Gasteiger partial charge in [0.05, 0.1) is 0 Å². The zero-order chi connectivity index (χ0) is 14.4. The number of amides is 1. The van der Waals surface area contributed by atoms with Gasteiger partial charge < -0.3 is 10.2 Å². The molecular weight excluding hydrogens is 248 g/mol. The zero-order valence-corrected chi connectivity index (χ0v) is 12.7. The molecule has 1 heterocycles. The van der Waals surface area contributed by atoms with Gasteiger partial charge in [-0.2, -0.15) is 0 Å². The number of nitrogens with one attached hydrogen (secondary N) is 1. The molecule has 0 bridgehead atoms. The highest BCUT2D eigenvalue weighted by Crippen LogP contribution is 2.13. The molecule has 1 aromatic carbocycles. The van der Waals surface area contributed by atoms with Crippen molar-refractivity contribution in [3.63, 3.8) is 0 Å². The number of likely N-dealkylation sites (tertiary alicyclic amines) is 1. The van der Waals surface area contributed by atoms with E-state index < -0.39 is 0 Å². The predicted octanol–water partition coefficient (Wildman–Crippen LogP) is 2.53. The fourth-order valence-electron chi connectivity index (χ4n) is 2.77. The number of hydrogen-bond acceptors (Lipinski definition) is 2. The van der Waals surface area contributed by atoms with Crippen LogP contribution in [0.15, 0.2) is 24.3 Å². The van der Waals surface area contributed by atoms with E-state index in [1.165, 1.54) is 11.1 Å². The molecule has 1 aliphatic heterocycles. The molecule has 0 saturated carbocycles. The van der Waals surface area contributed by atoms with Crippen molar-refractivity contribution in [1.82, 2.24) is 10.2 Å². The first-order chi connectivity index (χ1) is 9.69. The number of piperidine rings is 1. The predicted molar refractivity (Wildman–Crippen MR) is 82.8 cm³/mol. The van der Waals surface area contributed by atoms with Crippen LogP contribution in [0.2, 0.25) is 0 Å². The van der Waals surface area contributed by atoms with Gasteiger partial charge in [0.1, 0.15) is 0 Å².